The molecule has 1 fully saturated rings. The summed E-state index contributed by atoms with van der Waals surface area (Å²) in [6, 6.07) is 6.69. The van der Waals surface area contributed by atoms with Crippen LogP contribution in [-0.4, -0.2) is 35.8 Å². The molecule has 116 valence electrons. The van der Waals surface area contributed by atoms with Gasteiger partial charge in [-0.2, -0.15) is 0 Å². The van der Waals surface area contributed by atoms with Gasteiger partial charge in [0, 0.05) is 19.1 Å². The SMILES string of the molecule is O=C(NC1CCN(C(=O)c2ccco2)CC1)c1ccc(Br)o1. The Labute approximate surface area is 135 Å². The number of amides is 2. The fourth-order valence-corrected chi connectivity index (χ4v) is 2.78. The van der Waals surface area contributed by atoms with E-state index in [4.69, 9.17) is 8.83 Å². The average molecular weight is 367 g/mol. The number of furan rings is 2. The minimum atomic E-state index is -0.235. The fraction of sp³-hybridized carbons (Fsp3) is 0.333. The molecule has 1 aliphatic rings. The lowest BCUT2D eigenvalue weighted by Crippen LogP contribution is -2.46. The Bertz CT molecular complexity index is 657. The molecule has 0 bridgehead atoms. The molecule has 0 radical (unpaired) electrons. The number of carbonyl (C=O) groups excluding carboxylic acids is 2. The van der Waals surface area contributed by atoms with Gasteiger partial charge in [0.1, 0.15) is 0 Å². The van der Waals surface area contributed by atoms with Gasteiger partial charge in [0.2, 0.25) is 0 Å². The van der Waals surface area contributed by atoms with Crippen molar-refractivity contribution < 1.29 is 18.4 Å². The highest BCUT2D eigenvalue weighted by atomic mass is 79.9. The second kappa shape index (κ2) is 6.39. The van der Waals surface area contributed by atoms with Gasteiger partial charge in [0.15, 0.2) is 16.2 Å². The predicted octanol–water partition coefficient (Wildman–Crippen LogP) is 2.67. The van der Waals surface area contributed by atoms with Gasteiger partial charge >= 0.3 is 0 Å². The lowest BCUT2D eigenvalue weighted by molar-refractivity contribution is 0.0665. The predicted molar refractivity (Wildman–Crippen MR) is 81.5 cm³/mol. The molecule has 3 heterocycles. The summed E-state index contributed by atoms with van der Waals surface area (Å²) < 4.78 is 10.9. The third-order valence-corrected chi connectivity index (χ3v) is 4.07. The molecule has 0 atom stereocenters. The number of piperidine rings is 1. The number of nitrogens with zero attached hydrogens (tertiary/aromatic N) is 1. The largest absolute Gasteiger partial charge is 0.459 e. The van der Waals surface area contributed by atoms with Crippen LogP contribution in [-0.2, 0) is 0 Å². The average Bonchev–Trinajstić information content (AvgIpc) is 3.18. The monoisotopic (exact) mass is 366 g/mol. The molecule has 0 unspecified atom stereocenters. The van der Waals surface area contributed by atoms with Gasteiger partial charge in [0.05, 0.1) is 6.26 Å². The first-order chi connectivity index (χ1) is 10.6. The molecule has 3 rings (SSSR count). The third kappa shape index (κ3) is 3.24. The molecule has 2 amide bonds. The van der Waals surface area contributed by atoms with E-state index in [9.17, 15) is 9.59 Å². The standard InChI is InChI=1S/C15H15BrN2O4/c16-13-4-3-11(22-13)14(19)17-10-5-7-18(8-6-10)15(20)12-2-1-9-21-12/h1-4,9-10H,5-8H2,(H,17,19). The highest BCUT2D eigenvalue weighted by molar-refractivity contribution is 9.10. The van der Waals surface area contributed by atoms with E-state index in [1.807, 2.05) is 0 Å². The summed E-state index contributed by atoms with van der Waals surface area (Å²) in [6.45, 7) is 1.18. The number of hydrogen-bond acceptors (Lipinski definition) is 4. The minimum absolute atomic E-state index is 0.0389. The van der Waals surface area contributed by atoms with E-state index in [2.05, 4.69) is 21.2 Å². The van der Waals surface area contributed by atoms with Gasteiger partial charge in [-0.25, -0.2) is 0 Å². The van der Waals surface area contributed by atoms with E-state index in [1.54, 1.807) is 29.2 Å². The zero-order chi connectivity index (χ0) is 15.5. The highest BCUT2D eigenvalue weighted by Crippen LogP contribution is 2.17. The maximum Gasteiger partial charge on any atom is 0.289 e. The Hall–Kier alpha value is -2.02. The van der Waals surface area contributed by atoms with Gasteiger partial charge in [-0.15, -0.1) is 0 Å². The molecule has 0 aliphatic carbocycles. The molecule has 7 heteroatoms. The summed E-state index contributed by atoms with van der Waals surface area (Å²) >= 11 is 3.17. The van der Waals surface area contributed by atoms with Crippen LogP contribution >= 0.6 is 15.9 Å². The number of hydrogen-bond donors (Lipinski definition) is 1. The van der Waals surface area contributed by atoms with Crippen molar-refractivity contribution in [3.8, 4) is 0 Å². The van der Waals surface area contributed by atoms with Gasteiger partial charge in [-0.1, -0.05) is 0 Å². The van der Waals surface area contributed by atoms with Crippen LogP contribution in [0.5, 0.6) is 0 Å². The van der Waals surface area contributed by atoms with Gasteiger partial charge in [-0.05, 0) is 53.0 Å². The van der Waals surface area contributed by atoms with Crippen LogP contribution in [0.3, 0.4) is 0 Å². The van der Waals surface area contributed by atoms with Gasteiger partial charge in [0.25, 0.3) is 11.8 Å². The van der Waals surface area contributed by atoms with Crippen molar-refractivity contribution in [2.45, 2.75) is 18.9 Å². The lowest BCUT2D eigenvalue weighted by Gasteiger charge is -2.31. The van der Waals surface area contributed by atoms with Crippen LogP contribution in [0.2, 0.25) is 0 Å². The molecule has 6 nitrogen and oxygen atoms in total. The number of rotatable bonds is 3. The number of nitrogens with one attached hydrogen (secondary N) is 1. The van der Waals surface area contributed by atoms with Crippen LogP contribution in [0.25, 0.3) is 0 Å². The second-order valence-electron chi connectivity index (χ2n) is 5.12. The maximum absolute atomic E-state index is 12.1. The summed E-state index contributed by atoms with van der Waals surface area (Å²) in [5.41, 5.74) is 0. The van der Waals surface area contributed by atoms with Crippen LogP contribution < -0.4 is 5.32 Å². The van der Waals surface area contributed by atoms with Crippen molar-refractivity contribution in [2.24, 2.45) is 0 Å². The van der Waals surface area contributed by atoms with Crippen LogP contribution in [0, 0.1) is 0 Å². The van der Waals surface area contributed by atoms with Crippen LogP contribution in [0.1, 0.15) is 34.0 Å². The van der Waals surface area contributed by atoms with E-state index in [-0.39, 0.29) is 23.6 Å². The van der Waals surface area contributed by atoms with Crippen molar-refractivity contribution in [1.29, 1.82) is 0 Å². The lowest BCUT2D eigenvalue weighted by atomic mass is 10.0. The number of carbonyl (C=O) groups is 2. The molecule has 22 heavy (non-hydrogen) atoms. The molecular formula is C15H15BrN2O4. The van der Waals surface area contributed by atoms with Crippen molar-refractivity contribution in [3.05, 3.63) is 46.7 Å². The van der Waals surface area contributed by atoms with Crippen LogP contribution in [0.15, 0.2) is 44.0 Å². The second-order valence-corrected chi connectivity index (χ2v) is 5.90. The van der Waals surface area contributed by atoms with Crippen LogP contribution in [0.4, 0.5) is 0 Å². The third-order valence-electron chi connectivity index (χ3n) is 3.65. The Morgan fingerprint density at radius 3 is 2.55 bits per heavy atom. The first-order valence-corrected chi connectivity index (χ1v) is 7.82. The Morgan fingerprint density at radius 1 is 1.18 bits per heavy atom. The van der Waals surface area contributed by atoms with Crippen molar-refractivity contribution in [2.75, 3.05) is 13.1 Å². The number of halogens is 1. The van der Waals surface area contributed by atoms with Crippen molar-refractivity contribution >= 4 is 27.7 Å². The fourth-order valence-electron chi connectivity index (χ4n) is 2.48. The minimum Gasteiger partial charge on any atom is -0.459 e. The zero-order valence-electron chi connectivity index (χ0n) is 11.8. The van der Waals surface area contributed by atoms with Gasteiger partial charge in [-0.3, -0.25) is 9.59 Å². The maximum atomic E-state index is 12.1. The molecule has 2 aromatic heterocycles. The molecule has 2 aromatic rings. The van der Waals surface area contributed by atoms with E-state index in [0.717, 1.165) is 0 Å². The molecule has 1 N–H and O–H groups in total. The quantitative estimate of drug-likeness (QED) is 0.905. The Balaban J connectivity index is 1.51. The zero-order valence-corrected chi connectivity index (χ0v) is 13.3. The molecular weight excluding hydrogens is 352 g/mol. The van der Waals surface area contributed by atoms with Gasteiger partial charge < -0.3 is 19.1 Å². The molecule has 0 saturated carbocycles. The van der Waals surface area contributed by atoms with E-state index in [1.165, 1.54) is 6.26 Å². The summed E-state index contributed by atoms with van der Waals surface area (Å²) in [5.74, 6) is 0.287. The number of likely N-dealkylation sites (tertiary alicyclic amines) is 1. The summed E-state index contributed by atoms with van der Waals surface area (Å²) in [6.07, 6.45) is 2.90. The summed E-state index contributed by atoms with van der Waals surface area (Å²) in [7, 11) is 0. The molecule has 0 spiro atoms. The first-order valence-electron chi connectivity index (χ1n) is 7.02. The highest BCUT2D eigenvalue weighted by Gasteiger charge is 2.26. The Kier molecular flexibility index (Phi) is 4.33. The molecule has 1 saturated heterocycles. The normalized spacial score (nSPS) is 15.8. The topological polar surface area (TPSA) is 75.7 Å². The van der Waals surface area contributed by atoms with E-state index >= 15 is 0 Å². The Morgan fingerprint density at radius 2 is 1.95 bits per heavy atom. The summed E-state index contributed by atoms with van der Waals surface area (Å²) in [4.78, 5) is 25.9. The van der Waals surface area contributed by atoms with E-state index in [0.29, 0.717) is 36.4 Å². The smallest absolute Gasteiger partial charge is 0.289 e. The van der Waals surface area contributed by atoms with Crippen molar-refractivity contribution in [3.63, 3.8) is 0 Å². The molecule has 0 aromatic carbocycles. The first kappa shape index (κ1) is 14.9. The van der Waals surface area contributed by atoms with Crippen molar-refractivity contribution in [1.82, 2.24) is 10.2 Å². The molecule has 1 aliphatic heterocycles. The summed E-state index contributed by atoms with van der Waals surface area (Å²) in [5, 5.41) is 2.93. The van der Waals surface area contributed by atoms with E-state index < -0.39 is 0 Å².